The van der Waals surface area contributed by atoms with Crippen LogP contribution in [-0.4, -0.2) is 21.9 Å². The smallest absolute Gasteiger partial charge is 0.240 e. The van der Waals surface area contributed by atoms with Crippen LogP contribution < -0.4 is 4.90 Å². The van der Waals surface area contributed by atoms with Gasteiger partial charge in [0.25, 0.3) is 0 Å². The fourth-order valence-corrected chi connectivity index (χ4v) is 6.60. The average molecular weight is 398 g/mol. The third-order valence-electron chi connectivity index (χ3n) is 8.73. The second kappa shape index (κ2) is 5.48. The van der Waals surface area contributed by atoms with E-state index in [2.05, 4.69) is 50.8 Å². The fourth-order valence-electron chi connectivity index (χ4n) is 6.60. The van der Waals surface area contributed by atoms with E-state index in [9.17, 15) is 4.79 Å². The molecule has 1 amide bonds. The molecule has 152 valence electrons. The Bertz CT molecular complexity index is 1230. The summed E-state index contributed by atoms with van der Waals surface area (Å²) in [6, 6.07) is 16.5. The summed E-state index contributed by atoms with van der Waals surface area (Å²) in [6.45, 7) is 8.98. The van der Waals surface area contributed by atoms with Crippen molar-refractivity contribution in [2.75, 3.05) is 4.90 Å². The molecule has 0 spiro atoms. The number of carbonyl (C=O) groups is 1. The molecular weight excluding hydrogens is 370 g/mol. The summed E-state index contributed by atoms with van der Waals surface area (Å²) < 4.78 is 0. The molecule has 3 atom stereocenters. The highest BCUT2D eigenvalue weighted by atomic mass is 16.2. The summed E-state index contributed by atoms with van der Waals surface area (Å²) in [6.07, 6.45) is 2.71. The van der Waals surface area contributed by atoms with Crippen LogP contribution >= 0.6 is 0 Å². The number of carbonyl (C=O) groups excluding carboxylic acids is 1. The Morgan fingerprint density at radius 3 is 2.30 bits per heavy atom. The standard InChI is InChI=1S/C26H27N3O/c1-16-15-17-9-5-8-12-20(17)29(16)23(30)26-14-13-25(4,24(26,2)3)21-22(26)28-19-11-7-6-10-18(19)27-21/h5-12,16H,13-15H2,1-4H3. The van der Waals surface area contributed by atoms with Gasteiger partial charge >= 0.3 is 0 Å². The molecule has 6 rings (SSSR count). The first-order valence-corrected chi connectivity index (χ1v) is 11.0. The summed E-state index contributed by atoms with van der Waals surface area (Å²) >= 11 is 0. The maximum atomic E-state index is 14.5. The molecule has 4 heteroatoms. The number of aromatic nitrogens is 2. The lowest BCUT2D eigenvalue weighted by molar-refractivity contribution is -0.128. The number of amides is 1. The molecule has 3 aliphatic rings. The summed E-state index contributed by atoms with van der Waals surface area (Å²) in [4.78, 5) is 26.8. The van der Waals surface area contributed by atoms with Crippen LogP contribution in [0.15, 0.2) is 48.5 Å². The first-order valence-electron chi connectivity index (χ1n) is 11.0. The quantitative estimate of drug-likeness (QED) is 0.584. The van der Waals surface area contributed by atoms with Gasteiger partial charge in [0, 0.05) is 17.1 Å². The number of fused-ring (bicyclic) bond motifs is 7. The normalized spacial score (nSPS) is 30.5. The summed E-state index contributed by atoms with van der Waals surface area (Å²) in [5.41, 5.74) is 5.03. The predicted molar refractivity (Wildman–Crippen MR) is 119 cm³/mol. The van der Waals surface area contributed by atoms with Crippen molar-refractivity contribution in [3.8, 4) is 0 Å². The van der Waals surface area contributed by atoms with Crippen LogP contribution in [-0.2, 0) is 22.0 Å². The van der Waals surface area contributed by atoms with E-state index in [1.165, 1.54) is 5.56 Å². The van der Waals surface area contributed by atoms with Crippen molar-refractivity contribution < 1.29 is 4.79 Å². The van der Waals surface area contributed by atoms with Gasteiger partial charge in [-0.2, -0.15) is 0 Å². The second-order valence-corrected chi connectivity index (χ2v) is 10.1. The first kappa shape index (κ1) is 18.1. The zero-order valence-corrected chi connectivity index (χ0v) is 18.1. The Labute approximate surface area is 177 Å². The molecule has 30 heavy (non-hydrogen) atoms. The Morgan fingerprint density at radius 2 is 1.57 bits per heavy atom. The van der Waals surface area contributed by atoms with Crippen LogP contribution in [0.4, 0.5) is 5.69 Å². The Hall–Kier alpha value is -2.75. The van der Waals surface area contributed by atoms with Crippen molar-refractivity contribution in [2.45, 2.75) is 63.8 Å². The summed E-state index contributed by atoms with van der Waals surface area (Å²) in [7, 11) is 0. The zero-order chi connectivity index (χ0) is 20.9. The minimum Gasteiger partial charge on any atom is -0.308 e. The topological polar surface area (TPSA) is 46.1 Å². The number of rotatable bonds is 1. The minimum atomic E-state index is -0.639. The maximum absolute atomic E-state index is 14.5. The summed E-state index contributed by atoms with van der Waals surface area (Å²) in [5, 5.41) is 0. The van der Waals surface area contributed by atoms with Gasteiger partial charge in [-0.15, -0.1) is 0 Å². The molecule has 0 radical (unpaired) electrons. The first-order chi connectivity index (χ1) is 14.3. The van der Waals surface area contributed by atoms with E-state index < -0.39 is 5.41 Å². The largest absolute Gasteiger partial charge is 0.308 e. The fraction of sp³-hybridized carbons (Fsp3) is 0.423. The third kappa shape index (κ3) is 1.82. The Kier molecular flexibility index (Phi) is 3.30. The predicted octanol–water partition coefficient (Wildman–Crippen LogP) is 4.94. The zero-order valence-electron chi connectivity index (χ0n) is 18.1. The van der Waals surface area contributed by atoms with Gasteiger partial charge in [-0.05, 0) is 55.4 Å². The molecule has 0 saturated heterocycles. The maximum Gasteiger partial charge on any atom is 0.240 e. The number of para-hydroxylation sites is 3. The third-order valence-corrected chi connectivity index (χ3v) is 8.73. The van der Waals surface area contributed by atoms with E-state index in [-0.39, 0.29) is 22.8 Å². The van der Waals surface area contributed by atoms with Crippen molar-refractivity contribution in [3.05, 3.63) is 65.5 Å². The Morgan fingerprint density at radius 1 is 0.933 bits per heavy atom. The minimum absolute atomic E-state index is 0.155. The van der Waals surface area contributed by atoms with Gasteiger partial charge in [0.2, 0.25) is 5.91 Å². The lowest BCUT2D eigenvalue weighted by Gasteiger charge is -2.42. The Balaban J connectivity index is 1.61. The molecule has 1 aromatic heterocycles. The number of nitrogens with zero attached hydrogens (tertiary/aromatic N) is 3. The lowest BCUT2D eigenvalue weighted by atomic mass is 9.63. The molecule has 0 N–H and O–H groups in total. The molecule has 3 aromatic rings. The van der Waals surface area contributed by atoms with Crippen LogP contribution in [0.1, 0.15) is 57.5 Å². The SMILES string of the molecule is CC1Cc2ccccc2N1C(=O)C12CCC(C)(c3nc4ccccc4nc31)C2(C)C. The van der Waals surface area contributed by atoms with Crippen LogP contribution in [0.25, 0.3) is 11.0 Å². The highest BCUT2D eigenvalue weighted by Gasteiger charge is 2.74. The molecular formula is C26H27N3O. The number of anilines is 1. The van der Waals surface area contributed by atoms with Gasteiger partial charge in [0.1, 0.15) is 0 Å². The van der Waals surface area contributed by atoms with Gasteiger partial charge in [-0.3, -0.25) is 4.79 Å². The molecule has 3 unspecified atom stereocenters. The van der Waals surface area contributed by atoms with Crippen molar-refractivity contribution >= 4 is 22.6 Å². The molecule has 2 bridgehead atoms. The lowest BCUT2D eigenvalue weighted by Crippen LogP contribution is -2.54. The van der Waals surface area contributed by atoms with Crippen molar-refractivity contribution in [1.82, 2.24) is 9.97 Å². The van der Waals surface area contributed by atoms with Crippen LogP contribution in [0.5, 0.6) is 0 Å². The average Bonchev–Trinajstić information content (AvgIpc) is 3.23. The molecule has 2 aliphatic carbocycles. The molecule has 1 saturated carbocycles. The van der Waals surface area contributed by atoms with E-state index in [1.807, 2.05) is 30.3 Å². The molecule has 1 fully saturated rings. The number of hydrogen-bond donors (Lipinski definition) is 0. The van der Waals surface area contributed by atoms with Crippen molar-refractivity contribution in [3.63, 3.8) is 0 Å². The van der Waals surface area contributed by atoms with E-state index in [0.29, 0.717) is 0 Å². The molecule has 4 nitrogen and oxygen atoms in total. The van der Waals surface area contributed by atoms with E-state index in [1.54, 1.807) is 0 Å². The van der Waals surface area contributed by atoms with Crippen LogP contribution in [0, 0.1) is 5.41 Å². The highest BCUT2D eigenvalue weighted by molar-refractivity contribution is 6.05. The van der Waals surface area contributed by atoms with E-state index >= 15 is 0 Å². The molecule has 2 heterocycles. The van der Waals surface area contributed by atoms with Crippen LogP contribution in [0.2, 0.25) is 0 Å². The van der Waals surface area contributed by atoms with Crippen molar-refractivity contribution in [2.24, 2.45) is 5.41 Å². The van der Waals surface area contributed by atoms with Gasteiger partial charge < -0.3 is 4.90 Å². The van der Waals surface area contributed by atoms with Crippen LogP contribution in [0.3, 0.4) is 0 Å². The van der Waals surface area contributed by atoms with E-state index in [4.69, 9.17) is 9.97 Å². The monoisotopic (exact) mass is 397 g/mol. The van der Waals surface area contributed by atoms with Gasteiger partial charge in [-0.25, -0.2) is 9.97 Å². The summed E-state index contributed by atoms with van der Waals surface area (Å²) in [5.74, 6) is 0.206. The molecule has 1 aliphatic heterocycles. The van der Waals surface area contributed by atoms with Crippen molar-refractivity contribution in [1.29, 1.82) is 0 Å². The number of hydrogen-bond acceptors (Lipinski definition) is 3. The highest BCUT2D eigenvalue weighted by Crippen LogP contribution is 2.70. The van der Waals surface area contributed by atoms with Gasteiger partial charge in [0.15, 0.2) is 0 Å². The van der Waals surface area contributed by atoms with E-state index in [0.717, 1.165) is 47.4 Å². The second-order valence-electron chi connectivity index (χ2n) is 10.1. The number of benzene rings is 2. The van der Waals surface area contributed by atoms with Gasteiger partial charge in [0.05, 0.1) is 27.8 Å². The van der Waals surface area contributed by atoms with Gasteiger partial charge in [-0.1, -0.05) is 51.1 Å². The molecule has 2 aromatic carbocycles.